The molecule has 0 unspecified atom stereocenters. The van der Waals surface area contributed by atoms with E-state index in [0.717, 1.165) is 27.8 Å². The molecule has 0 amide bonds. The zero-order chi connectivity index (χ0) is 11.4. The van der Waals surface area contributed by atoms with Gasteiger partial charge < -0.3 is 5.32 Å². The second kappa shape index (κ2) is 6.64. The van der Waals surface area contributed by atoms with Crippen molar-refractivity contribution in [3.8, 4) is 0 Å². The summed E-state index contributed by atoms with van der Waals surface area (Å²) in [7, 11) is 0. The van der Waals surface area contributed by atoms with Crippen LogP contribution in [-0.2, 0) is 6.54 Å². The molecule has 1 aromatic heterocycles. The molecule has 1 fully saturated rings. The molecule has 0 aliphatic carbocycles. The van der Waals surface area contributed by atoms with Gasteiger partial charge in [-0.15, -0.1) is 11.3 Å². The van der Waals surface area contributed by atoms with Crippen LogP contribution in [0.2, 0.25) is 4.34 Å². The summed E-state index contributed by atoms with van der Waals surface area (Å²) in [5.41, 5.74) is 0. The number of hydrogen-bond acceptors (Lipinski definition) is 3. The molecule has 5 heteroatoms. The summed E-state index contributed by atoms with van der Waals surface area (Å²) in [5.74, 6) is 3.55. The van der Waals surface area contributed by atoms with Crippen molar-refractivity contribution in [1.29, 1.82) is 0 Å². The first kappa shape index (κ1) is 13.2. The summed E-state index contributed by atoms with van der Waals surface area (Å²) in [4.78, 5) is 1.31. The van der Waals surface area contributed by atoms with Crippen LogP contribution < -0.4 is 5.32 Å². The summed E-state index contributed by atoms with van der Waals surface area (Å²) in [5, 5.41) is 3.53. The third-order valence-electron chi connectivity index (χ3n) is 2.77. The smallest absolute Gasteiger partial charge is 0.107 e. The van der Waals surface area contributed by atoms with E-state index < -0.39 is 0 Å². The predicted octanol–water partition coefficient (Wildman–Crippen LogP) is 4.40. The van der Waals surface area contributed by atoms with Crippen LogP contribution in [0.25, 0.3) is 0 Å². The highest BCUT2D eigenvalue weighted by Crippen LogP contribution is 2.31. The predicted molar refractivity (Wildman–Crippen MR) is 78.8 cm³/mol. The number of hydrogen-bond donors (Lipinski definition) is 1. The van der Waals surface area contributed by atoms with Crippen molar-refractivity contribution < 1.29 is 0 Å². The van der Waals surface area contributed by atoms with Gasteiger partial charge in [-0.1, -0.05) is 11.6 Å². The Bertz CT molecular complexity index is 317. The Balaban J connectivity index is 1.71. The molecule has 0 bridgehead atoms. The minimum Gasteiger partial charge on any atom is -0.312 e. The fourth-order valence-corrected chi connectivity index (χ4v) is 4.79. The summed E-state index contributed by atoms with van der Waals surface area (Å²) in [6, 6.07) is 2.11. The zero-order valence-electron chi connectivity index (χ0n) is 8.97. The monoisotopic (exact) mass is 339 g/mol. The van der Waals surface area contributed by atoms with Crippen LogP contribution >= 0.6 is 50.6 Å². The molecule has 2 rings (SSSR count). The Morgan fingerprint density at radius 2 is 2.19 bits per heavy atom. The van der Waals surface area contributed by atoms with Gasteiger partial charge >= 0.3 is 0 Å². The van der Waals surface area contributed by atoms with Gasteiger partial charge in [-0.05, 0) is 58.8 Å². The molecule has 0 aromatic carbocycles. The summed E-state index contributed by atoms with van der Waals surface area (Å²) < 4.78 is 1.87. The van der Waals surface area contributed by atoms with Crippen molar-refractivity contribution in [3.63, 3.8) is 0 Å². The normalized spacial score (nSPS) is 17.9. The van der Waals surface area contributed by atoms with Gasteiger partial charge in [-0.2, -0.15) is 11.8 Å². The summed E-state index contributed by atoms with van der Waals surface area (Å²) >= 11 is 13.2. The quantitative estimate of drug-likeness (QED) is 0.872. The molecule has 1 N–H and O–H groups in total. The van der Waals surface area contributed by atoms with Gasteiger partial charge in [0.15, 0.2) is 0 Å². The molecule has 0 radical (unpaired) electrons. The third kappa shape index (κ3) is 3.91. The highest BCUT2D eigenvalue weighted by molar-refractivity contribution is 9.10. The highest BCUT2D eigenvalue weighted by atomic mass is 79.9. The largest absolute Gasteiger partial charge is 0.312 e. The van der Waals surface area contributed by atoms with Crippen molar-refractivity contribution >= 4 is 50.6 Å². The van der Waals surface area contributed by atoms with Crippen LogP contribution in [-0.4, -0.2) is 18.1 Å². The maximum Gasteiger partial charge on any atom is 0.107 e. The topological polar surface area (TPSA) is 12.0 Å². The molecule has 1 aromatic rings. The molecule has 0 spiro atoms. The number of thioether (sulfide) groups is 1. The van der Waals surface area contributed by atoms with Gasteiger partial charge in [-0.25, -0.2) is 0 Å². The first-order chi connectivity index (χ1) is 7.75. The third-order valence-corrected chi connectivity index (χ3v) is 6.29. The zero-order valence-corrected chi connectivity index (χ0v) is 12.9. The Morgan fingerprint density at radius 3 is 2.81 bits per heavy atom. The lowest BCUT2D eigenvalue weighted by Gasteiger charge is -2.21. The number of thiophene rings is 1. The molecule has 0 atom stereocenters. The second-order valence-electron chi connectivity index (χ2n) is 4.02. The lowest BCUT2D eigenvalue weighted by Crippen LogP contribution is -2.25. The average Bonchev–Trinajstić information content (AvgIpc) is 2.60. The molecular formula is C11H15BrClNS2. The Hall–Kier alpha value is 0.780. The van der Waals surface area contributed by atoms with Crippen LogP contribution in [0, 0.1) is 5.92 Å². The maximum atomic E-state index is 6.00. The van der Waals surface area contributed by atoms with Crippen molar-refractivity contribution in [2.24, 2.45) is 5.92 Å². The van der Waals surface area contributed by atoms with Gasteiger partial charge in [0.2, 0.25) is 0 Å². The Labute approximate surface area is 118 Å². The van der Waals surface area contributed by atoms with E-state index in [1.807, 2.05) is 0 Å². The van der Waals surface area contributed by atoms with Gasteiger partial charge in [0, 0.05) is 15.9 Å². The second-order valence-corrected chi connectivity index (χ2v) is 7.84. The van der Waals surface area contributed by atoms with E-state index in [0.29, 0.717) is 0 Å². The molecule has 2 heterocycles. The van der Waals surface area contributed by atoms with Crippen molar-refractivity contribution in [2.75, 3.05) is 18.1 Å². The number of rotatable bonds is 4. The van der Waals surface area contributed by atoms with E-state index in [1.165, 1.54) is 29.2 Å². The summed E-state index contributed by atoms with van der Waals surface area (Å²) in [6.45, 7) is 2.09. The molecule has 16 heavy (non-hydrogen) atoms. The van der Waals surface area contributed by atoms with Crippen LogP contribution in [0.5, 0.6) is 0 Å². The number of nitrogens with one attached hydrogen (secondary N) is 1. The lowest BCUT2D eigenvalue weighted by molar-refractivity contribution is 0.448. The Kier molecular flexibility index (Phi) is 5.49. The molecule has 1 aliphatic rings. The van der Waals surface area contributed by atoms with Crippen LogP contribution in [0.4, 0.5) is 0 Å². The molecule has 1 aliphatic heterocycles. The van der Waals surface area contributed by atoms with Crippen molar-refractivity contribution in [1.82, 2.24) is 5.32 Å². The minimum atomic E-state index is 0.853. The van der Waals surface area contributed by atoms with Gasteiger partial charge in [0.1, 0.15) is 4.34 Å². The van der Waals surface area contributed by atoms with Crippen molar-refractivity contribution in [3.05, 3.63) is 19.8 Å². The van der Waals surface area contributed by atoms with E-state index in [1.54, 1.807) is 11.3 Å². The van der Waals surface area contributed by atoms with Gasteiger partial charge in [-0.3, -0.25) is 0 Å². The maximum absolute atomic E-state index is 6.00. The minimum absolute atomic E-state index is 0.853. The molecule has 90 valence electrons. The van der Waals surface area contributed by atoms with Gasteiger partial charge in [0.05, 0.1) is 0 Å². The fraction of sp³-hybridized carbons (Fsp3) is 0.636. The fourth-order valence-electron chi connectivity index (χ4n) is 1.83. The van der Waals surface area contributed by atoms with E-state index in [2.05, 4.69) is 39.1 Å². The van der Waals surface area contributed by atoms with E-state index in [-0.39, 0.29) is 0 Å². The van der Waals surface area contributed by atoms with E-state index in [9.17, 15) is 0 Å². The SMILES string of the molecule is Clc1sc(CNCC2CCSCC2)cc1Br. The number of halogens is 2. The summed E-state index contributed by atoms with van der Waals surface area (Å²) in [6.07, 6.45) is 2.74. The highest BCUT2D eigenvalue weighted by Gasteiger charge is 2.13. The molecular weight excluding hydrogens is 326 g/mol. The van der Waals surface area contributed by atoms with E-state index in [4.69, 9.17) is 11.6 Å². The average molecular weight is 341 g/mol. The first-order valence-electron chi connectivity index (χ1n) is 5.48. The van der Waals surface area contributed by atoms with Crippen LogP contribution in [0.3, 0.4) is 0 Å². The standard InChI is InChI=1S/C11H15BrClNS2/c12-10-5-9(16-11(10)13)7-14-6-8-1-3-15-4-2-8/h5,8,14H,1-4,6-7H2. The van der Waals surface area contributed by atoms with Gasteiger partial charge in [0.25, 0.3) is 0 Å². The lowest BCUT2D eigenvalue weighted by atomic mass is 10.0. The van der Waals surface area contributed by atoms with Crippen molar-refractivity contribution in [2.45, 2.75) is 19.4 Å². The molecule has 1 saturated heterocycles. The first-order valence-corrected chi connectivity index (χ1v) is 8.62. The Morgan fingerprint density at radius 1 is 1.44 bits per heavy atom. The van der Waals surface area contributed by atoms with Crippen LogP contribution in [0.1, 0.15) is 17.7 Å². The molecule has 0 saturated carbocycles. The molecule has 1 nitrogen and oxygen atoms in total. The van der Waals surface area contributed by atoms with Crippen LogP contribution in [0.15, 0.2) is 10.5 Å². The van der Waals surface area contributed by atoms with E-state index >= 15 is 0 Å².